The van der Waals surface area contributed by atoms with Crippen molar-refractivity contribution in [2.45, 2.75) is 25.9 Å². The van der Waals surface area contributed by atoms with Crippen molar-refractivity contribution >= 4 is 6.03 Å². The molecule has 80 valence electrons. The van der Waals surface area contributed by atoms with Crippen LogP contribution in [0.25, 0.3) is 0 Å². The maximum atomic E-state index is 11.6. The molecule has 1 fully saturated rings. The maximum absolute atomic E-state index is 11.6. The van der Waals surface area contributed by atoms with Crippen molar-refractivity contribution < 1.29 is 4.79 Å². The second-order valence-electron chi connectivity index (χ2n) is 3.85. The second-order valence-corrected chi connectivity index (χ2v) is 3.85. The van der Waals surface area contributed by atoms with Gasteiger partial charge in [-0.2, -0.15) is 0 Å². The Balaban J connectivity index is 2.42. The number of piperazine rings is 1. The number of amides is 2. The van der Waals surface area contributed by atoms with E-state index in [0.29, 0.717) is 18.6 Å². The van der Waals surface area contributed by atoms with Crippen molar-refractivity contribution in [2.24, 2.45) is 0 Å². The lowest BCUT2D eigenvalue weighted by Gasteiger charge is -2.35. The lowest BCUT2D eigenvalue weighted by molar-refractivity contribution is 0.166. The minimum atomic E-state index is 0.00472. The highest BCUT2D eigenvalue weighted by molar-refractivity contribution is 5.74. The van der Waals surface area contributed by atoms with Crippen molar-refractivity contribution in [1.82, 2.24) is 15.5 Å². The molecule has 0 radical (unpaired) electrons. The molecular formula is C10H19N3O. The second kappa shape index (κ2) is 5.00. The van der Waals surface area contributed by atoms with Crippen LogP contribution in [0.2, 0.25) is 0 Å². The van der Waals surface area contributed by atoms with E-state index in [1.807, 2.05) is 4.90 Å². The van der Waals surface area contributed by atoms with Crippen LogP contribution in [0, 0.1) is 0 Å². The van der Waals surface area contributed by atoms with Gasteiger partial charge in [0.15, 0.2) is 0 Å². The average Bonchev–Trinajstić information content (AvgIpc) is 2.12. The third-order valence-corrected chi connectivity index (χ3v) is 2.24. The molecule has 2 atom stereocenters. The fourth-order valence-electron chi connectivity index (χ4n) is 1.76. The molecule has 4 heteroatoms. The lowest BCUT2D eigenvalue weighted by Crippen LogP contribution is -2.57. The highest BCUT2D eigenvalue weighted by Gasteiger charge is 2.23. The minimum absolute atomic E-state index is 0.00472. The molecule has 0 saturated carbocycles. The SMILES string of the molecule is C=CCNC(=O)N1CC(C)NC(C)C1. The van der Waals surface area contributed by atoms with Gasteiger partial charge < -0.3 is 15.5 Å². The first-order chi connectivity index (χ1) is 6.63. The summed E-state index contributed by atoms with van der Waals surface area (Å²) in [6.07, 6.45) is 1.69. The molecule has 1 heterocycles. The molecular weight excluding hydrogens is 178 g/mol. The summed E-state index contributed by atoms with van der Waals surface area (Å²) in [4.78, 5) is 13.4. The molecule has 4 nitrogen and oxygen atoms in total. The van der Waals surface area contributed by atoms with E-state index in [4.69, 9.17) is 0 Å². The number of carbonyl (C=O) groups excluding carboxylic acids is 1. The Morgan fingerprint density at radius 2 is 2.14 bits per heavy atom. The van der Waals surface area contributed by atoms with Crippen LogP contribution in [0.1, 0.15) is 13.8 Å². The first kappa shape index (κ1) is 11.0. The summed E-state index contributed by atoms with van der Waals surface area (Å²) in [6, 6.07) is 0.742. The van der Waals surface area contributed by atoms with Crippen LogP contribution >= 0.6 is 0 Å². The molecule has 0 aromatic rings. The topological polar surface area (TPSA) is 44.4 Å². The molecule has 2 unspecified atom stereocenters. The van der Waals surface area contributed by atoms with E-state index in [0.717, 1.165) is 13.1 Å². The third kappa shape index (κ3) is 3.03. The van der Waals surface area contributed by atoms with Gasteiger partial charge in [0, 0.05) is 31.7 Å². The molecule has 1 saturated heterocycles. The van der Waals surface area contributed by atoms with E-state index >= 15 is 0 Å². The molecule has 1 aliphatic heterocycles. The number of nitrogens with one attached hydrogen (secondary N) is 2. The summed E-state index contributed by atoms with van der Waals surface area (Å²) in [5.41, 5.74) is 0. The van der Waals surface area contributed by atoms with Gasteiger partial charge >= 0.3 is 6.03 Å². The molecule has 0 aromatic heterocycles. The number of rotatable bonds is 2. The summed E-state index contributed by atoms with van der Waals surface area (Å²) in [5.74, 6) is 0. The fraction of sp³-hybridized carbons (Fsp3) is 0.700. The van der Waals surface area contributed by atoms with Gasteiger partial charge in [-0.1, -0.05) is 6.08 Å². The van der Waals surface area contributed by atoms with E-state index < -0.39 is 0 Å². The van der Waals surface area contributed by atoms with Gasteiger partial charge in [-0.25, -0.2) is 4.79 Å². The van der Waals surface area contributed by atoms with Crippen LogP contribution in [0.3, 0.4) is 0 Å². The van der Waals surface area contributed by atoms with Crippen molar-refractivity contribution in [2.75, 3.05) is 19.6 Å². The predicted octanol–water partition coefficient (Wildman–Crippen LogP) is 0.564. The summed E-state index contributed by atoms with van der Waals surface area (Å²) >= 11 is 0. The highest BCUT2D eigenvalue weighted by atomic mass is 16.2. The zero-order valence-electron chi connectivity index (χ0n) is 8.92. The fourth-order valence-corrected chi connectivity index (χ4v) is 1.76. The smallest absolute Gasteiger partial charge is 0.317 e. The monoisotopic (exact) mass is 197 g/mol. The van der Waals surface area contributed by atoms with Crippen LogP contribution in [0.15, 0.2) is 12.7 Å². The van der Waals surface area contributed by atoms with Crippen molar-refractivity contribution in [3.05, 3.63) is 12.7 Å². The van der Waals surface area contributed by atoms with Gasteiger partial charge in [0.25, 0.3) is 0 Å². The van der Waals surface area contributed by atoms with Crippen LogP contribution in [0.4, 0.5) is 4.79 Å². The number of carbonyl (C=O) groups is 1. The molecule has 0 bridgehead atoms. The maximum Gasteiger partial charge on any atom is 0.317 e. The minimum Gasteiger partial charge on any atom is -0.335 e. The number of nitrogens with zero attached hydrogens (tertiary/aromatic N) is 1. The van der Waals surface area contributed by atoms with Crippen LogP contribution < -0.4 is 10.6 Å². The number of hydrogen-bond acceptors (Lipinski definition) is 2. The Labute approximate surface area is 85.3 Å². The zero-order valence-corrected chi connectivity index (χ0v) is 8.92. The molecule has 1 aliphatic rings. The van der Waals surface area contributed by atoms with E-state index in [-0.39, 0.29) is 6.03 Å². The molecule has 2 N–H and O–H groups in total. The Kier molecular flexibility index (Phi) is 3.95. The lowest BCUT2D eigenvalue weighted by atomic mass is 10.1. The van der Waals surface area contributed by atoms with Gasteiger partial charge in [-0.3, -0.25) is 0 Å². The van der Waals surface area contributed by atoms with Crippen LogP contribution in [-0.4, -0.2) is 42.6 Å². The summed E-state index contributed by atoms with van der Waals surface area (Å²) < 4.78 is 0. The highest BCUT2D eigenvalue weighted by Crippen LogP contribution is 2.03. The van der Waals surface area contributed by atoms with Gasteiger partial charge in [0.2, 0.25) is 0 Å². The number of urea groups is 1. The first-order valence-electron chi connectivity index (χ1n) is 5.03. The van der Waals surface area contributed by atoms with E-state index in [9.17, 15) is 4.79 Å². The molecule has 14 heavy (non-hydrogen) atoms. The molecule has 1 rings (SSSR count). The van der Waals surface area contributed by atoms with E-state index in [1.54, 1.807) is 6.08 Å². The zero-order chi connectivity index (χ0) is 10.6. The van der Waals surface area contributed by atoms with Crippen molar-refractivity contribution in [1.29, 1.82) is 0 Å². The summed E-state index contributed by atoms with van der Waals surface area (Å²) in [6.45, 7) is 9.81. The van der Waals surface area contributed by atoms with Crippen LogP contribution in [-0.2, 0) is 0 Å². The first-order valence-corrected chi connectivity index (χ1v) is 5.03. The molecule has 0 spiro atoms. The molecule has 0 aromatic carbocycles. The van der Waals surface area contributed by atoms with Crippen molar-refractivity contribution in [3.8, 4) is 0 Å². The summed E-state index contributed by atoms with van der Waals surface area (Å²) in [5, 5.41) is 6.16. The van der Waals surface area contributed by atoms with Crippen LogP contribution in [0.5, 0.6) is 0 Å². The Morgan fingerprint density at radius 1 is 1.57 bits per heavy atom. The Bertz CT molecular complexity index is 207. The Morgan fingerprint density at radius 3 is 2.64 bits per heavy atom. The number of hydrogen-bond donors (Lipinski definition) is 2. The normalized spacial score (nSPS) is 27.1. The summed E-state index contributed by atoms with van der Waals surface area (Å²) in [7, 11) is 0. The van der Waals surface area contributed by atoms with Gasteiger partial charge in [-0.15, -0.1) is 6.58 Å². The molecule has 0 aliphatic carbocycles. The van der Waals surface area contributed by atoms with Gasteiger partial charge in [-0.05, 0) is 13.8 Å². The van der Waals surface area contributed by atoms with E-state index in [2.05, 4.69) is 31.1 Å². The third-order valence-electron chi connectivity index (χ3n) is 2.24. The standard InChI is InChI=1S/C10H19N3O/c1-4-5-11-10(14)13-6-8(2)12-9(3)7-13/h4,8-9,12H,1,5-7H2,2-3H3,(H,11,14). The van der Waals surface area contributed by atoms with Crippen molar-refractivity contribution in [3.63, 3.8) is 0 Å². The van der Waals surface area contributed by atoms with E-state index in [1.165, 1.54) is 0 Å². The van der Waals surface area contributed by atoms with Gasteiger partial charge in [0.1, 0.15) is 0 Å². The average molecular weight is 197 g/mol. The Hall–Kier alpha value is -1.03. The largest absolute Gasteiger partial charge is 0.335 e. The predicted molar refractivity (Wildman–Crippen MR) is 57.2 cm³/mol. The molecule has 2 amide bonds. The quantitative estimate of drug-likeness (QED) is 0.635. The van der Waals surface area contributed by atoms with Gasteiger partial charge in [0.05, 0.1) is 0 Å².